The fourth-order valence-corrected chi connectivity index (χ4v) is 5.76. The summed E-state index contributed by atoms with van der Waals surface area (Å²) < 4.78 is 218. The van der Waals surface area contributed by atoms with Crippen LogP contribution in [0, 0.1) is 99.1 Å². The third-order valence-corrected chi connectivity index (χ3v) is 7.64. The highest BCUT2D eigenvalue weighted by Gasteiger charge is 2.55. The van der Waals surface area contributed by atoms with Gasteiger partial charge in [-0.05, 0) is 30.5 Å². The molecule has 42 heavy (non-hydrogen) atoms. The zero-order valence-corrected chi connectivity index (χ0v) is 20.4. The highest BCUT2D eigenvalue weighted by atomic mass is 19.2. The van der Waals surface area contributed by atoms with E-state index in [1.54, 1.807) is 0 Å². The van der Waals surface area contributed by atoms with Crippen LogP contribution in [0.2, 0.25) is 0 Å². The molecule has 0 unspecified atom stereocenters. The number of hydrogen-bond donors (Lipinski definition) is 0. The Morgan fingerprint density at radius 1 is 0.452 bits per heavy atom. The first-order chi connectivity index (χ1) is 19.6. The maximum atomic E-state index is 15.2. The summed E-state index contributed by atoms with van der Waals surface area (Å²) in [6.45, 7) is -2.00. The van der Waals surface area contributed by atoms with Gasteiger partial charge in [0.15, 0.2) is 75.6 Å². The summed E-state index contributed by atoms with van der Waals surface area (Å²) in [6.07, 6.45) is 0.0957. The van der Waals surface area contributed by atoms with E-state index in [-0.39, 0.29) is 12.8 Å². The van der Waals surface area contributed by atoms with Crippen molar-refractivity contribution in [3.05, 3.63) is 104 Å². The van der Waals surface area contributed by atoms with Crippen molar-refractivity contribution < 1.29 is 65.9 Å². The first-order valence-corrected chi connectivity index (χ1v) is 11.8. The quantitative estimate of drug-likeness (QED) is 0.121. The van der Waals surface area contributed by atoms with E-state index in [2.05, 4.69) is 0 Å². The molecule has 2 atom stereocenters. The maximum Gasteiger partial charge on any atom is 0.226 e. The van der Waals surface area contributed by atoms with Crippen LogP contribution in [0.1, 0.15) is 36.7 Å². The highest BCUT2D eigenvalue weighted by Crippen LogP contribution is 2.56. The van der Waals surface area contributed by atoms with Gasteiger partial charge >= 0.3 is 0 Å². The number of allylic oxidation sites excluding steroid dienone is 1. The normalized spacial score (nSPS) is 19.0. The molecule has 16 heteroatoms. The lowest BCUT2D eigenvalue weighted by Gasteiger charge is -2.26. The predicted octanol–water partition coefficient (Wildman–Crippen LogP) is 7.85. The maximum absolute atomic E-state index is 15.2. The van der Waals surface area contributed by atoms with Crippen LogP contribution >= 0.6 is 0 Å². The first kappa shape index (κ1) is 29.9. The van der Waals surface area contributed by atoms with Gasteiger partial charge in [0.05, 0.1) is 0 Å². The largest absolute Gasteiger partial charge is 0.226 e. The van der Waals surface area contributed by atoms with Gasteiger partial charge in [-0.2, -0.15) is 0 Å². The van der Waals surface area contributed by atoms with Crippen molar-refractivity contribution in [1.82, 2.24) is 0 Å². The van der Waals surface area contributed by atoms with Gasteiger partial charge in [0, 0.05) is 16.6 Å². The topological polar surface area (TPSA) is 0 Å². The van der Waals surface area contributed by atoms with Crippen LogP contribution in [0.3, 0.4) is 0 Å². The van der Waals surface area contributed by atoms with Crippen LogP contribution in [-0.2, 0) is 0 Å². The molecule has 0 spiro atoms. The molecule has 1 heterocycles. The average molecular weight is 618 g/mol. The summed E-state index contributed by atoms with van der Waals surface area (Å²) >= 11 is 0. The minimum absolute atomic E-state index is 0.0478. The summed E-state index contributed by atoms with van der Waals surface area (Å²) in [7, 11) is 0. The minimum atomic E-state index is -2.92. The second-order valence-corrected chi connectivity index (χ2v) is 9.85. The molecule has 3 aromatic rings. The third-order valence-electron chi connectivity index (χ3n) is 7.64. The van der Waals surface area contributed by atoms with Crippen molar-refractivity contribution in [2.45, 2.75) is 25.6 Å². The van der Waals surface area contributed by atoms with Gasteiger partial charge in [-0.1, -0.05) is 18.0 Å². The molecule has 1 saturated carbocycles. The van der Waals surface area contributed by atoms with Crippen molar-refractivity contribution in [1.29, 1.82) is 0 Å². The predicted molar refractivity (Wildman–Crippen MR) is 116 cm³/mol. The van der Waals surface area contributed by atoms with Crippen LogP contribution in [0.4, 0.5) is 65.9 Å². The average Bonchev–Trinajstić information content (AvgIpc) is 3.76. The van der Waals surface area contributed by atoms with E-state index < -0.39 is 139 Å². The lowest BCUT2D eigenvalue weighted by atomic mass is 9.32. The molecule has 0 aromatic heterocycles. The molecule has 0 saturated heterocycles. The summed E-state index contributed by atoms with van der Waals surface area (Å²) in [5, 5.41) is 0. The Morgan fingerprint density at radius 2 is 0.786 bits per heavy atom. The number of rotatable bonds is 4. The van der Waals surface area contributed by atoms with E-state index in [4.69, 9.17) is 0 Å². The molecule has 1 aliphatic carbocycles. The lowest BCUT2D eigenvalue weighted by molar-refractivity contribution is 0.364. The molecule has 0 radical (unpaired) electrons. The van der Waals surface area contributed by atoms with Gasteiger partial charge in [0.25, 0.3) is 0 Å². The Kier molecular flexibility index (Phi) is 7.12. The number of halogens is 15. The van der Waals surface area contributed by atoms with Gasteiger partial charge in [-0.3, -0.25) is 0 Å². The Labute approximate surface area is 225 Å². The second kappa shape index (κ2) is 10.0. The molecular weight excluding hydrogens is 608 g/mol. The van der Waals surface area contributed by atoms with Crippen LogP contribution < -0.4 is 5.46 Å². The Balaban J connectivity index is 1.99. The van der Waals surface area contributed by atoms with E-state index in [0.717, 1.165) is 6.92 Å². The standard InChI is InChI=1S/C26H10BF15/c1-4-6(5-2-3-5)10(8-14(30)20(36)25(41)21(37)15(8)31)27(11-16(32)22(38)26(42)23(39)17(11)33)9(4)7-12(28)18(34)24(40)19(35)13(7)29/h4-5,9H,2-3H2,1H3/t4-,9-/m0/s1. The molecule has 5 rings (SSSR count). The smallest absolute Gasteiger partial charge is 0.204 e. The minimum Gasteiger partial charge on any atom is -0.204 e. The van der Waals surface area contributed by atoms with E-state index in [0.29, 0.717) is 0 Å². The van der Waals surface area contributed by atoms with Crippen molar-refractivity contribution in [2.75, 3.05) is 0 Å². The summed E-state index contributed by atoms with van der Waals surface area (Å²) in [4.78, 5) is 0. The zero-order valence-electron chi connectivity index (χ0n) is 20.4. The first-order valence-electron chi connectivity index (χ1n) is 11.8. The zero-order chi connectivity index (χ0) is 31.3. The fraction of sp³-hybridized carbons (Fsp3) is 0.231. The summed E-state index contributed by atoms with van der Waals surface area (Å²) in [6, 6.07) is 0. The second-order valence-electron chi connectivity index (χ2n) is 9.85. The monoisotopic (exact) mass is 618 g/mol. The van der Waals surface area contributed by atoms with Gasteiger partial charge in [0.2, 0.25) is 18.3 Å². The van der Waals surface area contributed by atoms with Crippen molar-refractivity contribution in [3.8, 4) is 0 Å². The van der Waals surface area contributed by atoms with Gasteiger partial charge in [-0.15, -0.1) is 0 Å². The van der Waals surface area contributed by atoms with Crippen molar-refractivity contribution >= 4 is 17.6 Å². The van der Waals surface area contributed by atoms with Crippen LogP contribution in [0.25, 0.3) is 5.47 Å². The van der Waals surface area contributed by atoms with Gasteiger partial charge in [-0.25, -0.2) is 65.9 Å². The fourth-order valence-electron chi connectivity index (χ4n) is 5.76. The van der Waals surface area contributed by atoms with E-state index in [9.17, 15) is 39.5 Å². The molecular formula is C26H10BF15. The van der Waals surface area contributed by atoms with Crippen molar-refractivity contribution in [2.24, 2.45) is 11.8 Å². The Bertz CT molecular complexity index is 1640. The summed E-state index contributed by atoms with van der Waals surface area (Å²) in [5.74, 6) is -45.2. The van der Waals surface area contributed by atoms with Gasteiger partial charge < -0.3 is 0 Å². The molecule has 3 aromatic carbocycles. The SMILES string of the molecule is C[C@H]1C(C2CC2)=C(c2c(F)c(F)c(F)c(F)c2F)B(c2c(F)c(F)c(F)c(F)c2F)[C@@H]1c1c(F)c(F)c(F)c(F)c1F. The van der Waals surface area contributed by atoms with Crippen LogP contribution in [0.15, 0.2) is 5.57 Å². The number of benzene rings is 3. The number of hydrogen-bond acceptors (Lipinski definition) is 0. The molecule has 1 fully saturated rings. The van der Waals surface area contributed by atoms with E-state index in [1.807, 2.05) is 0 Å². The molecule has 222 valence electrons. The third kappa shape index (κ3) is 3.96. The Hall–Kier alpha value is -3.59. The molecule has 1 aliphatic heterocycles. The van der Waals surface area contributed by atoms with E-state index in [1.165, 1.54) is 0 Å². The Morgan fingerprint density at radius 3 is 1.17 bits per heavy atom. The lowest BCUT2D eigenvalue weighted by Crippen LogP contribution is -2.44. The van der Waals surface area contributed by atoms with Crippen LogP contribution in [-0.4, -0.2) is 6.71 Å². The highest BCUT2D eigenvalue weighted by molar-refractivity contribution is 6.92. The van der Waals surface area contributed by atoms with Crippen LogP contribution in [0.5, 0.6) is 0 Å². The molecule has 0 N–H and O–H groups in total. The van der Waals surface area contributed by atoms with E-state index >= 15 is 26.3 Å². The van der Waals surface area contributed by atoms with Crippen molar-refractivity contribution in [3.63, 3.8) is 0 Å². The summed E-state index contributed by atoms with van der Waals surface area (Å²) in [5.41, 5.74) is -7.66. The molecule has 2 aliphatic rings. The molecule has 0 amide bonds. The molecule has 0 nitrogen and oxygen atoms in total. The molecule has 0 bridgehead atoms. The van der Waals surface area contributed by atoms with Gasteiger partial charge in [0.1, 0.15) is 0 Å².